The number of esters is 1. The number of likely N-dealkylation sites (tertiary alicyclic amines) is 1. The van der Waals surface area contributed by atoms with E-state index in [9.17, 15) is 19.5 Å². The summed E-state index contributed by atoms with van der Waals surface area (Å²) in [4.78, 5) is 48.3. The molecule has 12 nitrogen and oxygen atoms in total. The van der Waals surface area contributed by atoms with Gasteiger partial charge in [-0.15, -0.1) is 0 Å². The molecular formula is C24H29N5O7S. The second-order valence-electron chi connectivity index (χ2n) is 9.27. The Balaban J connectivity index is 1.47. The van der Waals surface area contributed by atoms with Crippen LogP contribution >= 0.6 is 11.3 Å². The summed E-state index contributed by atoms with van der Waals surface area (Å²) in [5.41, 5.74) is 6.25. The number of aliphatic hydroxyl groups is 1. The molecule has 3 amide bonds. The number of urea groups is 1. The number of pyridine rings is 1. The van der Waals surface area contributed by atoms with E-state index in [2.05, 4.69) is 15.3 Å². The SMILES string of the molecule is CC1=C(COC(=O)C(C)(C)c2cc(-c3sc(NC(=O)N4CCC[C@H]4C(N)=O)nc3C)ccn2)OC(O)O1. The van der Waals surface area contributed by atoms with E-state index in [1.54, 1.807) is 39.1 Å². The number of hydrogen-bond acceptors (Lipinski definition) is 10. The number of aryl methyl sites for hydroxylation is 1. The van der Waals surface area contributed by atoms with E-state index < -0.39 is 35.8 Å². The molecule has 37 heavy (non-hydrogen) atoms. The predicted octanol–water partition coefficient (Wildman–Crippen LogP) is 2.37. The molecule has 1 unspecified atom stereocenters. The molecule has 0 saturated carbocycles. The molecule has 0 spiro atoms. The van der Waals surface area contributed by atoms with Crippen LogP contribution in [0, 0.1) is 6.92 Å². The molecule has 0 radical (unpaired) electrons. The Morgan fingerprint density at radius 2 is 2.08 bits per heavy atom. The van der Waals surface area contributed by atoms with Crippen molar-refractivity contribution in [3.8, 4) is 10.4 Å². The summed E-state index contributed by atoms with van der Waals surface area (Å²) >= 11 is 1.27. The van der Waals surface area contributed by atoms with E-state index in [0.717, 1.165) is 10.4 Å². The van der Waals surface area contributed by atoms with Gasteiger partial charge in [0.2, 0.25) is 5.91 Å². The molecule has 13 heteroatoms. The maximum Gasteiger partial charge on any atom is 0.358 e. The van der Waals surface area contributed by atoms with E-state index in [0.29, 0.717) is 41.7 Å². The van der Waals surface area contributed by atoms with Crippen LogP contribution in [0.3, 0.4) is 0 Å². The maximum atomic E-state index is 12.9. The summed E-state index contributed by atoms with van der Waals surface area (Å²) in [6.07, 6.45) is 2.85. The highest BCUT2D eigenvalue weighted by molar-refractivity contribution is 7.19. The molecule has 2 aromatic heterocycles. The number of rotatable bonds is 7. The summed E-state index contributed by atoms with van der Waals surface area (Å²) in [6.45, 7) is 5.67. The molecule has 0 bridgehead atoms. The minimum Gasteiger partial charge on any atom is -0.457 e. The maximum absolute atomic E-state index is 12.9. The first-order valence-corrected chi connectivity index (χ1v) is 12.5. The largest absolute Gasteiger partial charge is 0.457 e. The van der Waals surface area contributed by atoms with E-state index in [1.807, 2.05) is 6.92 Å². The zero-order chi connectivity index (χ0) is 26.9. The number of nitrogens with two attached hydrogens (primary N) is 1. The van der Waals surface area contributed by atoms with Gasteiger partial charge in [-0.2, -0.15) is 0 Å². The van der Waals surface area contributed by atoms with Gasteiger partial charge in [-0.1, -0.05) is 11.3 Å². The van der Waals surface area contributed by atoms with Crippen LogP contribution in [0.1, 0.15) is 45.0 Å². The van der Waals surface area contributed by atoms with Gasteiger partial charge in [-0.3, -0.25) is 19.9 Å². The lowest BCUT2D eigenvalue weighted by Gasteiger charge is -2.22. The van der Waals surface area contributed by atoms with Crippen LogP contribution in [0.5, 0.6) is 0 Å². The number of nitrogens with one attached hydrogen (secondary N) is 1. The van der Waals surface area contributed by atoms with Gasteiger partial charge in [0.15, 0.2) is 17.5 Å². The molecule has 1 fully saturated rings. The number of allylic oxidation sites excluding steroid dienone is 1. The number of aliphatic hydroxyl groups excluding tert-OH is 1. The predicted molar refractivity (Wildman–Crippen MR) is 133 cm³/mol. The summed E-state index contributed by atoms with van der Waals surface area (Å²) in [5.74, 6) is -0.477. The van der Waals surface area contributed by atoms with Gasteiger partial charge in [0, 0.05) is 12.7 Å². The molecule has 0 aliphatic carbocycles. The van der Waals surface area contributed by atoms with Crippen molar-refractivity contribution in [2.24, 2.45) is 5.73 Å². The van der Waals surface area contributed by atoms with Gasteiger partial charge in [-0.25, -0.2) is 9.78 Å². The molecule has 0 aromatic carbocycles. The standard InChI is InChI=1S/C24H29N5O7S/c1-12-18(37-21(27-12)28-22(32)29-9-5-6-15(29)19(25)30)14-7-8-26-17(10-14)24(3,4)20(31)34-11-16-13(2)35-23(33)36-16/h7-8,10,15,23,33H,5-6,9,11H2,1-4H3,(H2,25,30)(H,27,28,32)/t15-,23?/m0/s1. The van der Waals surface area contributed by atoms with Gasteiger partial charge in [0.25, 0.3) is 0 Å². The molecule has 198 valence electrons. The molecule has 4 heterocycles. The molecule has 2 aromatic rings. The lowest BCUT2D eigenvalue weighted by Crippen LogP contribution is -2.45. The summed E-state index contributed by atoms with van der Waals surface area (Å²) < 4.78 is 15.5. The second kappa shape index (κ2) is 10.3. The topological polar surface area (TPSA) is 166 Å². The number of carbonyl (C=O) groups is 3. The van der Waals surface area contributed by atoms with Crippen molar-refractivity contribution in [2.75, 3.05) is 18.5 Å². The third-order valence-electron chi connectivity index (χ3n) is 6.27. The van der Waals surface area contributed by atoms with E-state index in [1.165, 1.54) is 16.2 Å². The average molecular weight is 532 g/mol. The second-order valence-corrected chi connectivity index (χ2v) is 10.3. The van der Waals surface area contributed by atoms with Gasteiger partial charge in [-0.05, 0) is 58.2 Å². The number of thiazole rings is 1. The third-order valence-corrected chi connectivity index (χ3v) is 7.39. The minimum absolute atomic E-state index is 0.185. The first-order chi connectivity index (χ1) is 17.5. The molecule has 4 rings (SSSR count). The van der Waals surface area contributed by atoms with Crippen molar-refractivity contribution in [2.45, 2.75) is 58.5 Å². The van der Waals surface area contributed by atoms with E-state index in [-0.39, 0.29) is 12.4 Å². The zero-order valence-electron chi connectivity index (χ0n) is 20.9. The molecule has 4 N–H and O–H groups in total. The number of primary amides is 1. The Labute approximate surface area is 217 Å². The smallest absolute Gasteiger partial charge is 0.358 e. The van der Waals surface area contributed by atoms with Crippen LogP contribution in [0.15, 0.2) is 29.8 Å². The van der Waals surface area contributed by atoms with Gasteiger partial charge < -0.3 is 30.0 Å². The number of ether oxygens (including phenoxy) is 3. The molecule has 2 atom stereocenters. The number of nitrogens with zero attached hydrogens (tertiary/aromatic N) is 3. The van der Waals surface area contributed by atoms with Crippen LogP contribution < -0.4 is 11.1 Å². The lowest BCUT2D eigenvalue weighted by molar-refractivity contribution is -0.195. The number of anilines is 1. The molecule has 2 aliphatic rings. The van der Waals surface area contributed by atoms with E-state index in [4.69, 9.17) is 19.9 Å². The monoisotopic (exact) mass is 531 g/mol. The molecule has 1 saturated heterocycles. The van der Waals surface area contributed by atoms with Crippen LogP contribution in [0.2, 0.25) is 0 Å². The van der Waals surface area contributed by atoms with Crippen molar-refractivity contribution in [1.82, 2.24) is 14.9 Å². The fraction of sp³-hybridized carbons (Fsp3) is 0.458. The summed E-state index contributed by atoms with van der Waals surface area (Å²) in [6, 6.07) is 2.53. The fourth-order valence-corrected chi connectivity index (χ4v) is 5.05. The van der Waals surface area contributed by atoms with Gasteiger partial charge in [0.05, 0.1) is 16.3 Å². The van der Waals surface area contributed by atoms with E-state index >= 15 is 0 Å². The Morgan fingerprint density at radius 1 is 1.32 bits per heavy atom. The van der Waals surface area contributed by atoms with Crippen molar-refractivity contribution < 1.29 is 33.7 Å². The highest BCUT2D eigenvalue weighted by Gasteiger charge is 2.35. The normalized spacial score (nSPS) is 19.4. The van der Waals surface area contributed by atoms with Crippen LogP contribution in [-0.4, -0.2) is 63.6 Å². The Hall–Kier alpha value is -3.71. The van der Waals surface area contributed by atoms with Crippen LogP contribution in [0.4, 0.5) is 9.93 Å². The van der Waals surface area contributed by atoms with Crippen LogP contribution in [0.25, 0.3) is 10.4 Å². The van der Waals surface area contributed by atoms with Crippen molar-refractivity contribution in [1.29, 1.82) is 0 Å². The van der Waals surface area contributed by atoms with Crippen molar-refractivity contribution in [3.05, 3.63) is 41.2 Å². The van der Waals surface area contributed by atoms with Crippen molar-refractivity contribution >= 4 is 34.4 Å². The summed E-state index contributed by atoms with van der Waals surface area (Å²) in [7, 11) is 0. The fourth-order valence-electron chi connectivity index (χ4n) is 4.10. The third kappa shape index (κ3) is 5.52. The highest BCUT2D eigenvalue weighted by Crippen LogP contribution is 2.35. The number of amides is 3. The summed E-state index contributed by atoms with van der Waals surface area (Å²) in [5, 5.41) is 12.5. The zero-order valence-corrected chi connectivity index (χ0v) is 21.8. The number of aromatic nitrogens is 2. The van der Waals surface area contributed by atoms with Crippen molar-refractivity contribution in [3.63, 3.8) is 0 Å². The Bertz CT molecular complexity index is 1260. The first-order valence-electron chi connectivity index (χ1n) is 11.7. The van der Waals surface area contributed by atoms with Crippen LogP contribution in [-0.2, 0) is 29.2 Å². The minimum atomic E-state index is -1.41. The number of carbonyl (C=O) groups excluding carboxylic acids is 3. The highest BCUT2D eigenvalue weighted by atomic mass is 32.1. The lowest BCUT2D eigenvalue weighted by atomic mass is 9.88. The van der Waals surface area contributed by atoms with Gasteiger partial charge in [0.1, 0.15) is 17.2 Å². The molecular weight excluding hydrogens is 502 g/mol. The van der Waals surface area contributed by atoms with Gasteiger partial charge >= 0.3 is 18.5 Å². The quantitative estimate of drug-likeness (QED) is 0.455. The number of hydrogen-bond donors (Lipinski definition) is 3. The molecule has 2 aliphatic heterocycles. The first kappa shape index (κ1) is 26.4. The Morgan fingerprint density at radius 3 is 2.76 bits per heavy atom. The Kier molecular flexibility index (Phi) is 7.37. The average Bonchev–Trinajstić information content (AvgIpc) is 3.56.